The molecule has 0 radical (unpaired) electrons. The standard InChI is InChI=1S/C16H18O4/c1-2-20-13-5-3-4-11(10-13)6-7-12-8-9-14(17)16(19)15(12)18/h3-5,8-10,17-19H,2,6-7H2,1H3. The zero-order chi connectivity index (χ0) is 14.5. The molecule has 2 aromatic rings. The van der Waals surface area contributed by atoms with Crippen LogP contribution in [-0.4, -0.2) is 21.9 Å². The monoisotopic (exact) mass is 274 g/mol. The van der Waals surface area contributed by atoms with E-state index in [4.69, 9.17) is 4.74 Å². The van der Waals surface area contributed by atoms with Crippen molar-refractivity contribution in [2.75, 3.05) is 6.61 Å². The maximum Gasteiger partial charge on any atom is 0.200 e. The van der Waals surface area contributed by atoms with E-state index in [9.17, 15) is 15.3 Å². The fourth-order valence-electron chi connectivity index (χ4n) is 2.05. The highest BCUT2D eigenvalue weighted by Crippen LogP contribution is 2.37. The maximum atomic E-state index is 9.76. The van der Waals surface area contributed by atoms with Gasteiger partial charge in [-0.2, -0.15) is 0 Å². The molecule has 2 aromatic carbocycles. The van der Waals surface area contributed by atoms with Gasteiger partial charge in [0.1, 0.15) is 5.75 Å². The largest absolute Gasteiger partial charge is 0.504 e. The topological polar surface area (TPSA) is 69.9 Å². The Balaban J connectivity index is 2.09. The van der Waals surface area contributed by atoms with Crippen molar-refractivity contribution >= 4 is 0 Å². The SMILES string of the molecule is CCOc1cccc(CCc2ccc(O)c(O)c2O)c1. The molecule has 0 atom stereocenters. The number of rotatable bonds is 5. The van der Waals surface area contributed by atoms with Crippen LogP contribution < -0.4 is 4.74 Å². The first-order valence-electron chi connectivity index (χ1n) is 6.56. The zero-order valence-electron chi connectivity index (χ0n) is 11.3. The van der Waals surface area contributed by atoms with E-state index in [0.29, 0.717) is 25.0 Å². The molecule has 0 unspecified atom stereocenters. The second-order valence-electron chi connectivity index (χ2n) is 4.52. The summed E-state index contributed by atoms with van der Waals surface area (Å²) in [6.07, 6.45) is 1.27. The van der Waals surface area contributed by atoms with Gasteiger partial charge in [0.25, 0.3) is 0 Å². The number of benzene rings is 2. The summed E-state index contributed by atoms with van der Waals surface area (Å²) in [6, 6.07) is 10.8. The molecule has 0 aliphatic carbocycles. The molecule has 0 heterocycles. The lowest BCUT2D eigenvalue weighted by Crippen LogP contribution is -1.95. The molecule has 0 saturated carbocycles. The van der Waals surface area contributed by atoms with Crippen LogP contribution in [0.15, 0.2) is 36.4 Å². The Morgan fingerprint density at radius 1 is 0.950 bits per heavy atom. The molecule has 4 heteroatoms. The van der Waals surface area contributed by atoms with Crippen molar-refractivity contribution in [3.63, 3.8) is 0 Å². The normalized spacial score (nSPS) is 10.4. The van der Waals surface area contributed by atoms with Gasteiger partial charge in [-0.15, -0.1) is 0 Å². The summed E-state index contributed by atoms with van der Waals surface area (Å²) in [4.78, 5) is 0. The average molecular weight is 274 g/mol. The van der Waals surface area contributed by atoms with Crippen LogP contribution in [0.2, 0.25) is 0 Å². The Morgan fingerprint density at radius 3 is 2.50 bits per heavy atom. The molecule has 0 bridgehead atoms. The van der Waals surface area contributed by atoms with Gasteiger partial charge in [-0.1, -0.05) is 18.2 Å². The predicted octanol–water partition coefficient (Wildman–Crippen LogP) is 2.99. The van der Waals surface area contributed by atoms with E-state index in [1.54, 1.807) is 6.07 Å². The van der Waals surface area contributed by atoms with Crippen molar-refractivity contribution in [1.82, 2.24) is 0 Å². The molecule has 0 spiro atoms. The van der Waals surface area contributed by atoms with E-state index in [0.717, 1.165) is 11.3 Å². The fourth-order valence-corrected chi connectivity index (χ4v) is 2.05. The van der Waals surface area contributed by atoms with Crippen LogP contribution in [-0.2, 0) is 12.8 Å². The summed E-state index contributed by atoms with van der Waals surface area (Å²) >= 11 is 0. The minimum atomic E-state index is -0.467. The highest BCUT2D eigenvalue weighted by Gasteiger charge is 2.10. The predicted molar refractivity (Wildman–Crippen MR) is 76.5 cm³/mol. The van der Waals surface area contributed by atoms with Crippen LogP contribution in [0.3, 0.4) is 0 Å². The number of ether oxygens (including phenoxy) is 1. The van der Waals surface area contributed by atoms with Crippen LogP contribution in [0.1, 0.15) is 18.1 Å². The van der Waals surface area contributed by atoms with E-state index in [1.807, 2.05) is 31.2 Å². The van der Waals surface area contributed by atoms with E-state index < -0.39 is 5.75 Å². The van der Waals surface area contributed by atoms with Gasteiger partial charge in [0.05, 0.1) is 6.61 Å². The Labute approximate surface area is 117 Å². The number of aromatic hydroxyl groups is 3. The van der Waals surface area contributed by atoms with Crippen LogP contribution in [0.25, 0.3) is 0 Å². The molecule has 3 N–H and O–H groups in total. The van der Waals surface area contributed by atoms with Crippen molar-refractivity contribution in [1.29, 1.82) is 0 Å². The first kappa shape index (κ1) is 14.1. The molecule has 0 amide bonds. The first-order valence-corrected chi connectivity index (χ1v) is 6.56. The number of hydrogen-bond donors (Lipinski definition) is 3. The minimum Gasteiger partial charge on any atom is -0.504 e. The summed E-state index contributed by atoms with van der Waals surface area (Å²) in [5.41, 5.74) is 1.69. The molecule has 106 valence electrons. The Morgan fingerprint density at radius 2 is 1.75 bits per heavy atom. The summed E-state index contributed by atoms with van der Waals surface area (Å²) in [6.45, 7) is 2.56. The molecule has 0 saturated heterocycles. The lowest BCUT2D eigenvalue weighted by molar-refractivity contribution is 0.340. The fraction of sp³-hybridized carbons (Fsp3) is 0.250. The van der Waals surface area contributed by atoms with Crippen molar-refractivity contribution in [2.24, 2.45) is 0 Å². The molecular weight excluding hydrogens is 256 g/mol. The number of aryl methyl sites for hydroxylation is 2. The van der Waals surface area contributed by atoms with E-state index in [1.165, 1.54) is 6.07 Å². The summed E-state index contributed by atoms with van der Waals surface area (Å²) in [5, 5.41) is 28.5. The lowest BCUT2D eigenvalue weighted by atomic mass is 10.0. The first-order chi connectivity index (χ1) is 9.61. The van der Waals surface area contributed by atoms with Crippen molar-refractivity contribution in [3.8, 4) is 23.0 Å². The quantitative estimate of drug-likeness (QED) is 0.733. The average Bonchev–Trinajstić information content (AvgIpc) is 2.45. The smallest absolute Gasteiger partial charge is 0.200 e. The Hall–Kier alpha value is -2.36. The molecular formula is C16H18O4. The molecule has 20 heavy (non-hydrogen) atoms. The van der Waals surface area contributed by atoms with Crippen molar-refractivity contribution in [3.05, 3.63) is 47.5 Å². The minimum absolute atomic E-state index is 0.258. The Bertz CT molecular complexity index is 593. The van der Waals surface area contributed by atoms with Gasteiger partial charge >= 0.3 is 0 Å². The number of phenolic OH excluding ortho intramolecular Hbond substituents is 3. The molecule has 0 aliphatic rings. The third-order valence-corrected chi connectivity index (χ3v) is 3.11. The van der Waals surface area contributed by atoms with Gasteiger partial charge in [-0.05, 0) is 49.1 Å². The van der Waals surface area contributed by atoms with E-state index in [-0.39, 0.29) is 11.5 Å². The van der Waals surface area contributed by atoms with Gasteiger partial charge < -0.3 is 20.1 Å². The molecule has 2 rings (SSSR count). The van der Waals surface area contributed by atoms with Gasteiger partial charge in [-0.25, -0.2) is 0 Å². The van der Waals surface area contributed by atoms with E-state index >= 15 is 0 Å². The second-order valence-corrected chi connectivity index (χ2v) is 4.52. The molecule has 0 aromatic heterocycles. The third-order valence-electron chi connectivity index (χ3n) is 3.11. The summed E-state index contributed by atoms with van der Waals surface area (Å²) in [5.74, 6) is -0.219. The molecule has 0 aliphatic heterocycles. The number of hydrogen-bond acceptors (Lipinski definition) is 4. The van der Waals surface area contributed by atoms with Gasteiger partial charge in [0.15, 0.2) is 11.5 Å². The highest BCUT2D eigenvalue weighted by atomic mass is 16.5. The van der Waals surface area contributed by atoms with Crippen LogP contribution in [0, 0.1) is 0 Å². The summed E-state index contributed by atoms with van der Waals surface area (Å²) < 4.78 is 5.43. The van der Waals surface area contributed by atoms with Crippen molar-refractivity contribution in [2.45, 2.75) is 19.8 Å². The summed E-state index contributed by atoms with van der Waals surface area (Å²) in [7, 11) is 0. The van der Waals surface area contributed by atoms with Gasteiger partial charge in [-0.3, -0.25) is 0 Å². The Kier molecular flexibility index (Phi) is 4.35. The molecule has 0 fully saturated rings. The van der Waals surface area contributed by atoms with Crippen LogP contribution in [0.4, 0.5) is 0 Å². The maximum absolute atomic E-state index is 9.76. The number of phenols is 3. The van der Waals surface area contributed by atoms with Crippen LogP contribution in [0.5, 0.6) is 23.0 Å². The van der Waals surface area contributed by atoms with Gasteiger partial charge in [0.2, 0.25) is 5.75 Å². The van der Waals surface area contributed by atoms with Gasteiger partial charge in [0, 0.05) is 0 Å². The zero-order valence-corrected chi connectivity index (χ0v) is 11.3. The van der Waals surface area contributed by atoms with Crippen molar-refractivity contribution < 1.29 is 20.1 Å². The van der Waals surface area contributed by atoms with Crippen LogP contribution >= 0.6 is 0 Å². The highest BCUT2D eigenvalue weighted by molar-refractivity contribution is 5.53. The molecule has 4 nitrogen and oxygen atoms in total. The lowest BCUT2D eigenvalue weighted by Gasteiger charge is -2.09. The third kappa shape index (κ3) is 3.15. The second kappa shape index (κ2) is 6.19. The van der Waals surface area contributed by atoms with E-state index in [2.05, 4.69) is 0 Å².